The summed E-state index contributed by atoms with van der Waals surface area (Å²) in [6.45, 7) is 1.59. The van der Waals surface area contributed by atoms with Gasteiger partial charge in [0.2, 0.25) is 11.8 Å². The molecule has 7 nitrogen and oxygen atoms in total. The lowest BCUT2D eigenvalue weighted by Gasteiger charge is -2.10. The predicted molar refractivity (Wildman–Crippen MR) is 106 cm³/mol. The summed E-state index contributed by atoms with van der Waals surface area (Å²) in [5, 5.41) is 5.33. The molecule has 0 atom stereocenters. The third-order valence-corrected chi connectivity index (χ3v) is 4.56. The van der Waals surface area contributed by atoms with Gasteiger partial charge in [-0.05, 0) is 42.0 Å². The number of rotatable bonds is 6. The minimum Gasteiger partial charge on any atom is -0.352 e. The summed E-state index contributed by atoms with van der Waals surface area (Å²) < 4.78 is 0. The molecule has 7 heteroatoms. The Balaban J connectivity index is 1.56. The van der Waals surface area contributed by atoms with Gasteiger partial charge in [-0.3, -0.25) is 19.2 Å². The highest BCUT2D eigenvalue weighted by Crippen LogP contribution is 2.28. The number of Topliss-reactive ketones (excluding diaryl/α,β-unsaturated/α-hetero) is 1. The van der Waals surface area contributed by atoms with Gasteiger partial charge in [-0.15, -0.1) is 0 Å². The summed E-state index contributed by atoms with van der Waals surface area (Å²) in [7, 11) is 1.71. The van der Waals surface area contributed by atoms with Crippen LogP contribution in [0.15, 0.2) is 42.5 Å². The van der Waals surface area contributed by atoms with Crippen molar-refractivity contribution in [3.8, 4) is 0 Å². The van der Waals surface area contributed by atoms with E-state index in [2.05, 4.69) is 10.6 Å². The van der Waals surface area contributed by atoms with Crippen molar-refractivity contribution in [2.75, 3.05) is 23.8 Å². The lowest BCUT2D eigenvalue weighted by Crippen LogP contribution is -2.26. The number of carbonyl (C=O) groups is 4. The number of hydrogen-bond donors (Lipinski definition) is 2. The lowest BCUT2D eigenvalue weighted by molar-refractivity contribution is -0.117. The van der Waals surface area contributed by atoms with E-state index in [9.17, 15) is 19.2 Å². The largest absolute Gasteiger partial charge is 0.352 e. The van der Waals surface area contributed by atoms with E-state index < -0.39 is 0 Å². The Labute approximate surface area is 162 Å². The summed E-state index contributed by atoms with van der Waals surface area (Å²) in [4.78, 5) is 49.1. The number of amides is 3. The smallest absolute Gasteiger partial charge is 0.251 e. The number of likely N-dealkylation sites (N-methyl/N-ethyl adjacent to an activating group) is 1. The fourth-order valence-electron chi connectivity index (χ4n) is 3.12. The van der Waals surface area contributed by atoms with Crippen LogP contribution >= 0.6 is 0 Å². The van der Waals surface area contributed by atoms with Crippen molar-refractivity contribution in [2.45, 2.75) is 19.8 Å². The second-order valence-corrected chi connectivity index (χ2v) is 6.66. The molecule has 0 spiro atoms. The van der Waals surface area contributed by atoms with Crippen molar-refractivity contribution in [1.29, 1.82) is 0 Å². The van der Waals surface area contributed by atoms with Crippen LogP contribution in [0.3, 0.4) is 0 Å². The van der Waals surface area contributed by atoms with E-state index in [-0.39, 0.29) is 36.5 Å². The Morgan fingerprint density at radius 2 is 1.86 bits per heavy atom. The predicted octanol–water partition coefficient (Wildman–Crippen LogP) is 2.17. The quantitative estimate of drug-likeness (QED) is 0.752. The Kier molecular flexibility index (Phi) is 5.54. The molecule has 2 aromatic rings. The molecule has 1 aliphatic heterocycles. The molecule has 0 saturated heterocycles. The summed E-state index contributed by atoms with van der Waals surface area (Å²) in [5.74, 6) is -0.628. The normalized spacial score (nSPS) is 12.5. The summed E-state index contributed by atoms with van der Waals surface area (Å²) >= 11 is 0. The molecule has 0 saturated carbocycles. The summed E-state index contributed by atoms with van der Waals surface area (Å²) in [6, 6.07) is 11.8. The lowest BCUT2D eigenvalue weighted by atomic mass is 10.0. The first-order chi connectivity index (χ1) is 13.3. The molecule has 1 heterocycles. The second-order valence-electron chi connectivity index (χ2n) is 6.66. The monoisotopic (exact) mass is 379 g/mol. The van der Waals surface area contributed by atoms with Gasteiger partial charge >= 0.3 is 0 Å². The standard InChI is InChI=1S/C21H21N3O4/c1-13(25)23-17-5-3-4-15(11-17)21(28)22-9-8-19(26)14-6-7-18-16(10-14)12-20(27)24(18)2/h3-7,10-11H,8-9,12H2,1-2H3,(H,22,28)(H,23,25). The van der Waals surface area contributed by atoms with Crippen LogP contribution in [0.5, 0.6) is 0 Å². The number of anilines is 2. The number of hydrogen-bond acceptors (Lipinski definition) is 4. The average Bonchev–Trinajstić information content (AvgIpc) is 2.94. The molecule has 0 radical (unpaired) electrons. The van der Waals surface area contributed by atoms with E-state index >= 15 is 0 Å². The summed E-state index contributed by atoms with van der Waals surface area (Å²) in [6.07, 6.45) is 0.452. The maximum absolute atomic E-state index is 12.4. The highest BCUT2D eigenvalue weighted by molar-refractivity contribution is 6.03. The number of carbonyl (C=O) groups excluding carboxylic acids is 4. The number of nitrogens with one attached hydrogen (secondary N) is 2. The molecule has 0 aliphatic carbocycles. The number of ketones is 1. The molecule has 144 valence electrons. The number of benzene rings is 2. The third kappa shape index (κ3) is 4.25. The Bertz CT molecular complexity index is 968. The number of fused-ring (bicyclic) bond motifs is 1. The van der Waals surface area contributed by atoms with Crippen LogP contribution in [-0.2, 0) is 16.0 Å². The first-order valence-electron chi connectivity index (χ1n) is 8.93. The zero-order valence-electron chi connectivity index (χ0n) is 15.7. The van der Waals surface area contributed by atoms with Crippen molar-refractivity contribution >= 4 is 34.9 Å². The van der Waals surface area contributed by atoms with Gasteiger partial charge < -0.3 is 15.5 Å². The SMILES string of the molecule is CC(=O)Nc1cccc(C(=O)NCCC(=O)c2ccc3c(c2)CC(=O)N3C)c1. The minimum atomic E-state index is -0.318. The van der Waals surface area contributed by atoms with E-state index in [1.807, 2.05) is 0 Å². The average molecular weight is 379 g/mol. The van der Waals surface area contributed by atoms with Crippen LogP contribution in [0.1, 0.15) is 39.6 Å². The van der Waals surface area contributed by atoms with Crippen molar-refractivity contribution in [3.63, 3.8) is 0 Å². The molecular formula is C21H21N3O4. The fraction of sp³-hybridized carbons (Fsp3) is 0.238. The van der Waals surface area contributed by atoms with Gasteiger partial charge in [0.05, 0.1) is 6.42 Å². The van der Waals surface area contributed by atoms with Crippen LogP contribution < -0.4 is 15.5 Å². The van der Waals surface area contributed by atoms with Crippen LogP contribution in [0.4, 0.5) is 11.4 Å². The number of nitrogens with zero attached hydrogens (tertiary/aromatic N) is 1. The molecule has 0 fully saturated rings. The van der Waals surface area contributed by atoms with Gasteiger partial charge in [-0.2, -0.15) is 0 Å². The first-order valence-corrected chi connectivity index (χ1v) is 8.93. The van der Waals surface area contributed by atoms with Gasteiger partial charge in [0.25, 0.3) is 5.91 Å². The zero-order valence-corrected chi connectivity index (χ0v) is 15.7. The molecular weight excluding hydrogens is 358 g/mol. The van der Waals surface area contributed by atoms with E-state index in [0.29, 0.717) is 23.2 Å². The molecule has 0 unspecified atom stereocenters. The van der Waals surface area contributed by atoms with E-state index in [0.717, 1.165) is 11.3 Å². The third-order valence-electron chi connectivity index (χ3n) is 4.56. The van der Waals surface area contributed by atoms with Crippen LogP contribution in [0, 0.1) is 0 Å². The van der Waals surface area contributed by atoms with Crippen molar-refractivity contribution in [3.05, 3.63) is 59.2 Å². The van der Waals surface area contributed by atoms with Crippen LogP contribution in [0.25, 0.3) is 0 Å². The van der Waals surface area contributed by atoms with Crippen LogP contribution in [0.2, 0.25) is 0 Å². The molecule has 2 aromatic carbocycles. The van der Waals surface area contributed by atoms with Gasteiger partial charge in [0.1, 0.15) is 0 Å². The van der Waals surface area contributed by atoms with Gasteiger partial charge in [-0.1, -0.05) is 6.07 Å². The molecule has 0 aromatic heterocycles. The maximum Gasteiger partial charge on any atom is 0.251 e. The van der Waals surface area contributed by atoms with Gasteiger partial charge in [-0.25, -0.2) is 0 Å². The summed E-state index contributed by atoms with van der Waals surface area (Å²) in [5.41, 5.74) is 3.14. The topological polar surface area (TPSA) is 95.6 Å². The minimum absolute atomic E-state index is 0.00774. The molecule has 3 rings (SSSR count). The highest BCUT2D eigenvalue weighted by Gasteiger charge is 2.24. The van der Waals surface area contributed by atoms with Crippen molar-refractivity contribution in [2.24, 2.45) is 0 Å². The molecule has 3 amide bonds. The molecule has 1 aliphatic rings. The Hall–Kier alpha value is -3.48. The molecule has 2 N–H and O–H groups in total. The van der Waals surface area contributed by atoms with E-state index in [1.165, 1.54) is 6.92 Å². The maximum atomic E-state index is 12.4. The van der Waals surface area contributed by atoms with E-state index in [4.69, 9.17) is 0 Å². The van der Waals surface area contributed by atoms with E-state index in [1.54, 1.807) is 54.4 Å². The van der Waals surface area contributed by atoms with Crippen molar-refractivity contribution < 1.29 is 19.2 Å². The highest BCUT2D eigenvalue weighted by atomic mass is 16.2. The molecule has 0 bridgehead atoms. The first kappa shape index (κ1) is 19.3. The zero-order chi connectivity index (χ0) is 20.3. The Morgan fingerprint density at radius 3 is 2.61 bits per heavy atom. The fourth-order valence-corrected chi connectivity index (χ4v) is 3.12. The van der Waals surface area contributed by atoms with Gasteiger partial charge in [0, 0.05) is 49.4 Å². The van der Waals surface area contributed by atoms with Crippen LogP contribution in [-0.4, -0.2) is 37.1 Å². The molecule has 28 heavy (non-hydrogen) atoms. The van der Waals surface area contributed by atoms with Gasteiger partial charge in [0.15, 0.2) is 5.78 Å². The Morgan fingerprint density at radius 1 is 1.07 bits per heavy atom. The van der Waals surface area contributed by atoms with Crippen molar-refractivity contribution in [1.82, 2.24) is 5.32 Å². The second kappa shape index (κ2) is 8.04.